The Labute approximate surface area is 240 Å². The molecule has 0 bridgehead atoms. The number of likely N-dealkylation sites (N-methyl/N-ethyl adjacent to an activating group) is 1. The van der Waals surface area contributed by atoms with Crippen molar-refractivity contribution in [1.29, 1.82) is 0 Å². The van der Waals surface area contributed by atoms with E-state index in [1.807, 2.05) is 27.2 Å². The highest BCUT2D eigenvalue weighted by molar-refractivity contribution is 7.45. The summed E-state index contributed by atoms with van der Waals surface area (Å²) >= 11 is 0. The first kappa shape index (κ1) is 38.2. The second kappa shape index (κ2) is 23.9. The van der Waals surface area contributed by atoms with Gasteiger partial charge in [0.25, 0.3) is 7.82 Å². The number of phosphoric acid groups is 1. The van der Waals surface area contributed by atoms with Gasteiger partial charge in [-0.15, -0.1) is 0 Å². The smallest absolute Gasteiger partial charge is 0.268 e. The molecule has 0 radical (unpaired) electrons. The normalized spacial score (nSPS) is 15.4. The summed E-state index contributed by atoms with van der Waals surface area (Å²) in [6.45, 7) is 4.43. The highest BCUT2D eigenvalue weighted by Gasteiger charge is 2.23. The Balaban J connectivity index is 4.44. The van der Waals surface area contributed by atoms with E-state index in [-0.39, 0.29) is 19.1 Å². The van der Waals surface area contributed by atoms with Crippen LogP contribution in [0.4, 0.5) is 0 Å². The maximum atomic E-state index is 12.4. The molecule has 8 nitrogen and oxygen atoms in total. The summed E-state index contributed by atoms with van der Waals surface area (Å²) in [6.07, 6.45) is 21.8. The lowest BCUT2D eigenvalue weighted by Gasteiger charge is -2.29. The van der Waals surface area contributed by atoms with Gasteiger partial charge in [-0.25, -0.2) is 0 Å². The van der Waals surface area contributed by atoms with Gasteiger partial charge < -0.3 is 28.8 Å². The summed E-state index contributed by atoms with van der Waals surface area (Å²) in [7, 11) is 1.25. The average molecular weight is 577 g/mol. The summed E-state index contributed by atoms with van der Waals surface area (Å²) in [5.74, 6) is -0.225. The minimum Gasteiger partial charge on any atom is -0.756 e. The van der Waals surface area contributed by atoms with Crippen molar-refractivity contribution in [3.63, 3.8) is 0 Å². The number of allylic oxidation sites excluding steroid dienone is 1. The molecule has 0 aliphatic carbocycles. The lowest BCUT2D eigenvalue weighted by Crippen LogP contribution is -2.45. The summed E-state index contributed by atoms with van der Waals surface area (Å²) in [5, 5.41) is 13.4. The van der Waals surface area contributed by atoms with Gasteiger partial charge in [-0.1, -0.05) is 109 Å². The van der Waals surface area contributed by atoms with E-state index < -0.39 is 20.0 Å². The van der Waals surface area contributed by atoms with Crippen LogP contribution in [-0.4, -0.2) is 68.5 Å². The lowest BCUT2D eigenvalue weighted by molar-refractivity contribution is -0.870. The fraction of sp³-hybridized carbons (Fsp3) is 0.900. The molecule has 1 amide bonds. The number of rotatable bonds is 27. The topological polar surface area (TPSA) is 108 Å². The standard InChI is InChI=1S/C30H61N2O6P/c1-6-8-10-11-12-13-14-15-16-17-18-19-20-22-23-29(33)28(31-30(34)24-21-9-7-2)27-38-39(35,36)37-26-25-32(3,4)5/h22-23,28-29,33H,6-21,24-27H2,1-5H3,(H-,31,34,35,36)/b23-22+. The molecule has 0 saturated carbocycles. The van der Waals surface area contributed by atoms with Crippen LogP contribution in [-0.2, 0) is 18.4 Å². The van der Waals surface area contributed by atoms with Crippen molar-refractivity contribution in [2.45, 2.75) is 135 Å². The Morgan fingerprint density at radius 1 is 0.872 bits per heavy atom. The molecule has 232 valence electrons. The monoisotopic (exact) mass is 576 g/mol. The molecule has 3 atom stereocenters. The van der Waals surface area contributed by atoms with E-state index in [0.717, 1.165) is 38.5 Å². The minimum absolute atomic E-state index is 0.000174. The van der Waals surface area contributed by atoms with E-state index in [9.17, 15) is 19.4 Å². The number of aliphatic hydroxyl groups excluding tert-OH is 1. The van der Waals surface area contributed by atoms with Crippen LogP contribution in [0.5, 0.6) is 0 Å². The number of amides is 1. The molecule has 39 heavy (non-hydrogen) atoms. The van der Waals surface area contributed by atoms with Crippen LogP contribution in [0.15, 0.2) is 12.2 Å². The van der Waals surface area contributed by atoms with Gasteiger partial charge in [-0.05, 0) is 19.3 Å². The zero-order valence-electron chi connectivity index (χ0n) is 25.8. The van der Waals surface area contributed by atoms with Crippen molar-refractivity contribution in [1.82, 2.24) is 5.32 Å². The van der Waals surface area contributed by atoms with Crippen LogP contribution in [0, 0.1) is 0 Å². The largest absolute Gasteiger partial charge is 0.756 e. The molecule has 0 aliphatic rings. The van der Waals surface area contributed by atoms with E-state index in [1.54, 1.807) is 6.08 Å². The number of nitrogens with one attached hydrogen (secondary N) is 1. The van der Waals surface area contributed by atoms with E-state index in [2.05, 4.69) is 19.2 Å². The predicted molar refractivity (Wildman–Crippen MR) is 159 cm³/mol. The van der Waals surface area contributed by atoms with Crippen molar-refractivity contribution in [3.8, 4) is 0 Å². The van der Waals surface area contributed by atoms with Gasteiger partial charge in [0, 0.05) is 6.42 Å². The first-order valence-electron chi connectivity index (χ1n) is 15.6. The molecular formula is C30H61N2O6P. The molecular weight excluding hydrogens is 515 g/mol. The third-order valence-corrected chi connectivity index (χ3v) is 7.71. The molecule has 3 unspecified atom stereocenters. The zero-order chi connectivity index (χ0) is 29.4. The van der Waals surface area contributed by atoms with Crippen LogP contribution in [0.2, 0.25) is 0 Å². The highest BCUT2D eigenvalue weighted by atomic mass is 31.2. The number of unbranched alkanes of at least 4 members (excludes halogenated alkanes) is 14. The maximum absolute atomic E-state index is 12.4. The molecule has 0 aromatic rings. The van der Waals surface area contributed by atoms with Gasteiger partial charge >= 0.3 is 0 Å². The second-order valence-electron chi connectivity index (χ2n) is 11.8. The molecule has 0 spiro atoms. The van der Waals surface area contributed by atoms with Crippen molar-refractivity contribution >= 4 is 13.7 Å². The molecule has 0 saturated heterocycles. The number of hydrogen-bond donors (Lipinski definition) is 2. The van der Waals surface area contributed by atoms with Crippen molar-refractivity contribution in [3.05, 3.63) is 12.2 Å². The van der Waals surface area contributed by atoms with Crippen LogP contribution in [0.25, 0.3) is 0 Å². The first-order chi connectivity index (χ1) is 18.5. The average Bonchev–Trinajstić information content (AvgIpc) is 2.85. The molecule has 0 fully saturated rings. The number of phosphoric ester groups is 1. The summed E-state index contributed by atoms with van der Waals surface area (Å²) in [4.78, 5) is 24.6. The number of carbonyl (C=O) groups excluding carboxylic acids is 1. The number of quaternary nitrogens is 1. The Kier molecular flexibility index (Phi) is 23.4. The summed E-state index contributed by atoms with van der Waals surface area (Å²) in [5.41, 5.74) is 0. The van der Waals surface area contributed by atoms with Crippen molar-refractivity contribution < 1.29 is 32.9 Å². The quantitative estimate of drug-likeness (QED) is 0.0517. The van der Waals surface area contributed by atoms with Gasteiger partial charge in [0.05, 0.1) is 39.9 Å². The molecule has 0 aliphatic heterocycles. The van der Waals surface area contributed by atoms with Gasteiger partial charge in [-0.2, -0.15) is 0 Å². The third-order valence-electron chi connectivity index (χ3n) is 6.75. The SMILES string of the molecule is CCCCCCCCCCCCCC/C=C/C(O)C(COP(=O)([O-])OCC[N+](C)(C)C)NC(=O)CCCCC. The minimum atomic E-state index is -4.55. The molecule has 0 aromatic carbocycles. The van der Waals surface area contributed by atoms with E-state index in [4.69, 9.17) is 9.05 Å². The van der Waals surface area contributed by atoms with Crippen molar-refractivity contribution in [2.75, 3.05) is 40.9 Å². The molecule has 9 heteroatoms. The van der Waals surface area contributed by atoms with Crippen LogP contribution in [0.3, 0.4) is 0 Å². The Bertz CT molecular complexity index is 668. The maximum Gasteiger partial charge on any atom is 0.268 e. The van der Waals surface area contributed by atoms with Gasteiger partial charge in [0.15, 0.2) is 0 Å². The van der Waals surface area contributed by atoms with E-state index in [1.165, 1.54) is 64.2 Å². The second-order valence-corrected chi connectivity index (χ2v) is 13.2. The van der Waals surface area contributed by atoms with Gasteiger partial charge in [0.1, 0.15) is 13.2 Å². The van der Waals surface area contributed by atoms with Gasteiger partial charge in [-0.3, -0.25) is 9.36 Å². The molecule has 2 N–H and O–H groups in total. The summed E-state index contributed by atoms with van der Waals surface area (Å²) < 4.78 is 22.8. The van der Waals surface area contributed by atoms with Crippen LogP contribution < -0.4 is 10.2 Å². The molecule has 0 aromatic heterocycles. The van der Waals surface area contributed by atoms with Crippen molar-refractivity contribution in [2.24, 2.45) is 0 Å². The number of nitrogens with zero attached hydrogens (tertiary/aromatic N) is 1. The predicted octanol–water partition coefficient (Wildman–Crippen LogP) is 6.27. The molecule has 0 rings (SSSR count). The first-order valence-corrected chi connectivity index (χ1v) is 17.0. The number of hydrogen-bond acceptors (Lipinski definition) is 6. The fourth-order valence-electron chi connectivity index (χ4n) is 4.15. The fourth-order valence-corrected chi connectivity index (χ4v) is 4.87. The Morgan fingerprint density at radius 2 is 1.38 bits per heavy atom. The zero-order valence-corrected chi connectivity index (χ0v) is 26.7. The van der Waals surface area contributed by atoms with E-state index >= 15 is 0 Å². The lowest BCUT2D eigenvalue weighted by atomic mass is 10.0. The number of carbonyl (C=O) groups is 1. The van der Waals surface area contributed by atoms with Crippen LogP contribution >= 0.6 is 7.82 Å². The van der Waals surface area contributed by atoms with Gasteiger partial charge in [0.2, 0.25) is 5.91 Å². The molecule has 0 heterocycles. The van der Waals surface area contributed by atoms with E-state index in [0.29, 0.717) is 17.4 Å². The Hall–Kier alpha value is -0.760. The van der Waals surface area contributed by atoms with Crippen LogP contribution in [0.1, 0.15) is 123 Å². The summed E-state index contributed by atoms with van der Waals surface area (Å²) in [6, 6.07) is -0.873. The third kappa shape index (κ3) is 25.9. The number of aliphatic hydroxyl groups is 1. The Morgan fingerprint density at radius 3 is 1.92 bits per heavy atom. The highest BCUT2D eigenvalue weighted by Crippen LogP contribution is 2.38.